The Balaban J connectivity index is 1.36. The van der Waals surface area contributed by atoms with Crippen molar-refractivity contribution in [3.8, 4) is 11.5 Å². The van der Waals surface area contributed by atoms with Crippen molar-refractivity contribution >= 4 is 35.0 Å². The molecule has 0 radical (unpaired) electrons. The van der Waals surface area contributed by atoms with Crippen molar-refractivity contribution in [3.05, 3.63) is 72.2 Å². The normalized spacial score (nSPS) is 16.3. The third-order valence-electron chi connectivity index (χ3n) is 7.91. The van der Waals surface area contributed by atoms with Crippen molar-refractivity contribution in [1.29, 1.82) is 0 Å². The summed E-state index contributed by atoms with van der Waals surface area (Å²) >= 11 is 0. The van der Waals surface area contributed by atoms with Gasteiger partial charge in [0.05, 0.1) is 5.69 Å². The van der Waals surface area contributed by atoms with Crippen LogP contribution in [0, 0.1) is 22.9 Å². The Morgan fingerprint density at radius 2 is 1.70 bits per heavy atom. The number of nitrogens with zero attached hydrogens (tertiary/aromatic N) is 4. The summed E-state index contributed by atoms with van der Waals surface area (Å²) in [5.74, 6) is -4.70. The minimum Gasteiger partial charge on any atom is -0.454 e. The molecule has 0 unspecified atom stereocenters. The maximum atomic E-state index is 15.6. The zero-order valence-corrected chi connectivity index (χ0v) is 23.6. The van der Waals surface area contributed by atoms with Crippen LogP contribution in [0.1, 0.15) is 25.7 Å². The number of piperidine rings is 1. The smallest absolute Gasteiger partial charge is 0.323 e. The summed E-state index contributed by atoms with van der Waals surface area (Å²) in [6.45, 7) is 1.76. The van der Waals surface area contributed by atoms with Gasteiger partial charge in [0.15, 0.2) is 17.4 Å². The molecule has 0 bridgehead atoms. The Hall–Kier alpha value is -4.65. The first-order valence-electron chi connectivity index (χ1n) is 13.7. The van der Waals surface area contributed by atoms with E-state index in [1.807, 2.05) is 7.05 Å². The number of carbonyl (C=O) groups is 3. The number of nitrogens with one attached hydrogen (secondary N) is 1. The predicted molar refractivity (Wildman–Crippen MR) is 152 cm³/mol. The molecule has 3 aromatic rings. The van der Waals surface area contributed by atoms with Crippen LogP contribution in [-0.4, -0.2) is 65.9 Å². The third-order valence-corrected chi connectivity index (χ3v) is 7.91. The Bertz CT molecular complexity index is 1540. The molecular formula is C30H31F3N6O4. The van der Waals surface area contributed by atoms with Gasteiger partial charge in [0, 0.05) is 43.2 Å². The van der Waals surface area contributed by atoms with Crippen LogP contribution in [0.15, 0.2) is 54.7 Å². The summed E-state index contributed by atoms with van der Waals surface area (Å²) in [6.07, 6.45) is 3.33. The maximum absolute atomic E-state index is 15.6. The molecule has 4 amide bonds. The molecule has 1 aliphatic heterocycles. The highest BCUT2D eigenvalue weighted by Crippen LogP contribution is 2.49. The first-order valence-corrected chi connectivity index (χ1v) is 13.7. The monoisotopic (exact) mass is 596 g/mol. The average Bonchev–Trinajstić information content (AvgIpc) is 3.79. The number of likely N-dealkylation sites (tertiary alicyclic amines) is 1. The van der Waals surface area contributed by atoms with Gasteiger partial charge in [-0.15, -0.1) is 0 Å². The van der Waals surface area contributed by atoms with Gasteiger partial charge < -0.3 is 20.3 Å². The van der Waals surface area contributed by atoms with Gasteiger partial charge in [-0.3, -0.25) is 19.8 Å². The van der Waals surface area contributed by atoms with Gasteiger partial charge in [0.25, 0.3) is 0 Å². The number of nitrogens with two attached hydrogens (primary N) is 1. The minimum absolute atomic E-state index is 0.0191. The molecule has 0 atom stereocenters. The highest BCUT2D eigenvalue weighted by atomic mass is 19.1. The molecule has 5 rings (SSSR count). The van der Waals surface area contributed by atoms with E-state index in [-0.39, 0.29) is 42.2 Å². The van der Waals surface area contributed by atoms with E-state index in [4.69, 9.17) is 10.5 Å². The summed E-state index contributed by atoms with van der Waals surface area (Å²) in [5.41, 5.74) is 3.41. The van der Waals surface area contributed by atoms with Gasteiger partial charge in [-0.2, -0.15) is 0 Å². The van der Waals surface area contributed by atoms with Crippen molar-refractivity contribution < 1.29 is 32.3 Å². The Kier molecular flexibility index (Phi) is 8.27. The lowest BCUT2D eigenvalue weighted by Gasteiger charge is -2.34. The molecule has 2 aliphatic rings. The van der Waals surface area contributed by atoms with Crippen LogP contribution in [0.25, 0.3) is 0 Å². The van der Waals surface area contributed by atoms with E-state index >= 15 is 8.78 Å². The molecule has 10 nitrogen and oxygen atoms in total. The molecule has 1 saturated carbocycles. The summed E-state index contributed by atoms with van der Waals surface area (Å²) < 4.78 is 50.1. The summed E-state index contributed by atoms with van der Waals surface area (Å²) in [7, 11) is 3.74. The van der Waals surface area contributed by atoms with Gasteiger partial charge in [0.1, 0.15) is 22.8 Å². The molecule has 43 heavy (non-hydrogen) atoms. The number of amides is 4. The van der Waals surface area contributed by atoms with Crippen molar-refractivity contribution in [2.24, 2.45) is 11.1 Å². The van der Waals surface area contributed by atoms with Crippen LogP contribution >= 0.6 is 0 Å². The molecule has 1 saturated heterocycles. The molecule has 1 aromatic heterocycles. The third kappa shape index (κ3) is 6.26. The SMILES string of the molecule is CN1CCC(N(C)C(=O)Nc2cc(Oc3cc(F)c(N(C(=O)C4(C(N)=O)CC4)c4ccc(F)cc4)cc3F)ccn2)CC1. The molecular weight excluding hydrogens is 565 g/mol. The van der Waals surface area contributed by atoms with Crippen LogP contribution < -0.4 is 20.7 Å². The number of ether oxygens (including phenoxy) is 1. The molecule has 1 aliphatic carbocycles. The van der Waals surface area contributed by atoms with Crippen molar-refractivity contribution in [2.75, 3.05) is 37.4 Å². The Labute approximate surface area is 246 Å². The Morgan fingerprint density at radius 1 is 1.02 bits per heavy atom. The van der Waals surface area contributed by atoms with Crippen LogP contribution in [-0.2, 0) is 9.59 Å². The standard InChI is InChI=1S/C30H31F3N6O4/c1-37-13-8-19(9-14-37)38(2)29(42)36-26-15-21(7-12-35-26)43-25-17-22(32)24(16-23(25)33)39(20-5-3-18(31)4-6-20)28(41)30(10-11-30)27(34)40/h3-7,12,15-17,19H,8-11,13-14H2,1-2H3,(H2,34,40)(H,35,36,42). The fraction of sp³-hybridized carbons (Fsp3) is 0.333. The number of halogens is 3. The van der Waals surface area contributed by atoms with Crippen LogP contribution in [0.5, 0.6) is 11.5 Å². The number of hydrogen-bond donors (Lipinski definition) is 2. The van der Waals surface area contributed by atoms with E-state index in [1.165, 1.54) is 30.5 Å². The number of carbonyl (C=O) groups excluding carboxylic acids is 3. The molecule has 2 aromatic carbocycles. The second kappa shape index (κ2) is 11.9. The molecule has 3 N–H and O–H groups in total. The van der Waals surface area contributed by atoms with Crippen LogP contribution in [0.4, 0.5) is 35.2 Å². The molecule has 2 heterocycles. The summed E-state index contributed by atoms with van der Waals surface area (Å²) in [5, 5.41) is 2.70. The zero-order valence-electron chi connectivity index (χ0n) is 23.6. The van der Waals surface area contributed by atoms with Gasteiger partial charge in [-0.05, 0) is 76.2 Å². The summed E-state index contributed by atoms with van der Waals surface area (Å²) in [6, 6.07) is 8.51. The first kappa shape index (κ1) is 29.8. The zero-order chi connectivity index (χ0) is 30.9. The molecule has 0 spiro atoms. The fourth-order valence-corrected chi connectivity index (χ4v) is 5.04. The van der Waals surface area contributed by atoms with Gasteiger partial charge in [-0.1, -0.05) is 0 Å². The highest BCUT2D eigenvalue weighted by molar-refractivity contribution is 6.16. The number of primary amides is 1. The minimum atomic E-state index is -1.56. The van der Waals surface area contributed by atoms with Crippen molar-refractivity contribution in [3.63, 3.8) is 0 Å². The molecule has 2 fully saturated rings. The average molecular weight is 597 g/mol. The van der Waals surface area contributed by atoms with Crippen LogP contribution in [0.3, 0.4) is 0 Å². The van der Waals surface area contributed by atoms with Gasteiger partial charge in [-0.25, -0.2) is 22.9 Å². The second-order valence-electron chi connectivity index (χ2n) is 10.9. The van der Waals surface area contributed by atoms with E-state index in [0.717, 1.165) is 55.1 Å². The number of anilines is 3. The largest absolute Gasteiger partial charge is 0.454 e. The molecule has 226 valence electrons. The van der Waals surface area contributed by atoms with E-state index in [2.05, 4.69) is 15.2 Å². The number of pyridine rings is 1. The van der Waals surface area contributed by atoms with Crippen LogP contribution in [0.2, 0.25) is 0 Å². The topological polar surface area (TPSA) is 121 Å². The van der Waals surface area contributed by atoms with E-state index in [0.29, 0.717) is 0 Å². The van der Waals surface area contributed by atoms with Crippen molar-refractivity contribution in [1.82, 2.24) is 14.8 Å². The van der Waals surface area contributed by atoms with E-state index in [1.54, 1.807) is 11.9 Å². The Morgan fingerprint density at radius 3 is 2.33 bits per heavy atom. The second-order valence-corrected chi connectivity index (χ2v) is 10.9. The predicted octanol–water partition coefficient (Wildman–Crippen LogP) is 4.78. The number of rotatable bonds is 8. The quantitative estimate of drug-likeness (QED) is 0.361. The number of urea groups is 1. The van der Waals surface area contributed by atoms with Gasteiger partial charge in [0.2, 0.25) is 11.8 Å². The lowest BCUT2D eigenvalue weighted by atomic mass is 10.0. The molecule has 13 heteroatoms. The number of aromatic nitrogens is 1. The fourth-order valence-electron chi connectivity index (χ4n) is 5.04. The summed E-state index contributed by atoms with van der Waals surface area (Å²) in [4.78, 5) is 47.1. The number of hydrogen-bond acceptors (Lipinski definition) is 6. The van der Waals surface area contributed by atoms with E-state index < -0.39 is 46.1 Å². The first-order chi connectivity index (χ1) is 20.5. The van der Waals surface area contributed by atoms with Crippen molar-refractivity contribution in [2.45, 2.75) is 31.7 Å². The lowest BCUT2D eigenvalue weighted by molar-refractivity contribution is -0.133. The number of benzene rings is 2. The lowest BCUT2D eigenvalue weighted by Crippen LogP contribution is -2.46. The van der Waals surface area contributed by atoms with E-state index in [9.17, 15) is 18.8 Å². The maximum Gasteiger partial charge on any atom is 0.323 e. The highest BCUT2D eigenvalue weighted by Gasteiger charge is 2.57. The van der Waals surface area contributed by atoms with Gasteiger partial charge >= 0.3 is 6.03 Å².